The number of methoxy groups -OCH3 is 1. The number of rotatable bonds is 3. The molecule has 1 aromatic rings. The Kier molecular flexibility index (Phi) is 4.34. The normalized spacial score (nSPS) is 11.7. The molecule has 92 valence electrons. The number of carbonyl (C=O) groups is 2. The molecular weight excluding hydrogens is 244 g/mol. The van der Waals surface area contributed by atoms with Gasteiger partial charge in [-0.3, -0.25) is 4.79 Å². The minimum Gasteiger partial charge on any atom is -0.467 e. The molecule has 1 unspecified atom stereocenters. The molecule has 1 atom stereocenters. The number of para-hydroxylation sites is 1. The van der Waals surface area contributed by atoms with Crippen molar-refractivity contribution >= 4 is 29.2 Å². The van der Waals surface area contributed by atoms with Gasteiger partial charge in [-0.15, -0.1) is 0 Å². The lowest BCUT2D eigenvalue weighted by Gasteiger charge is -2.12. The fourth-order valence-corrected chi connectivity index (χ4v) is 1.42. The topological polar surface area (TPSA) is 81.4 Å². The number of hydrogen-bond donors (Lipinski definition) is 2. The van der Waals surface area contributed by atoms with Gasteiger partial charge in [-0.05, 0) is 19.1 Å². The van der Waals surface area contributed by atoms with Crippen molar-refractivity contribution in [1.29, 1.82) is 0 Å². The number of carbonyl (C=O) groups excluding carboxylic acids is 2. The van der Waals surface area contributed by atoms with Gasteiger partial charge in [0.15, 0.2) is 0 Å². The van der Waals surface area contributed by atoms with Crippen LogP contribution in [-0.4, -0.2) is 25.0 Å². The Bertz CT molecular complexity index is 448. The zero-order valence-corrected chi connectivity index (χ0v) is 10.2. The Morgan fingerprint density at radius 2 is 2.12 bits per heavy atom. The summed E-state index contributed by atoms with van der Waals surface area (Å²) in [6.45, 7) is 1.52. The van der Waals surface area contributed by atoms with E-state index in [2.05, 4.69) is 10.1 Å². The molecular formula is C11H13ClN2O3. The molecule has 1 rings (SSSR count). The zero-order chi connectivity index (χ0) is 13.0. The van der Waals surface area contributed by atoms with Crippen LogP contribution in [0.25, 0.3) is 0 Å². The van der Waals surface area contributed by atoms with Crippen LogP contribution in [0.3, 0.4) is 0 Å². The average molecular weight is 257 g/mol. The standard InChI is InChI=1S/C11H13ClN2O3/c1-6(11(16)17-2)14-10(15)7-4-3-5-8(12)9(7)13/h3-6H,13H2,1-2H3,(H,14,15). The molecule has 0 aromatic heterocycles. The third-order valence-corrected chi connectivity index (χ3v) is 2.53. The van der Waals surface area contributed by atoms with Gasteiger partial charge in [-0.2, -0.15) is 0 Å². The molecule has 0 aliphatic rings. The number of nitrogens with two attached hydrogens (primary N) is 1. The van der Waals surface area contributed by atoms with Gasteiger partial charge in [0.25, 0.3) is 5.91 Å². The van der Waals surface area contributed by atoms with Gasteiger partial charge in [0.05, 0.1) is 23.4 Å². The van der Waals surface area contributed by atoms with Crippen LogP contribution in [0.15, 0.2) is 18.2 Å². The number of ether oxygens (including phenoxy) is 1. The van der Waals surface area contributed by atoms with Crippen LogP contribution in [0.5, 0.6) is 0 Å². The molecule has 0 radical (unpaired) electrons. The lowest BCUT2D eigenvalue weighted by molar-refractivity contribution is -0.142. The fourth-order valence-electron chi connectivity index (χ4n) is 1.25. The van der Waals surface area contributed by atoms with E-state index in [4.69, 9.17) is 17.3 Å². The van der Waals surface area contributed by atoms with Crippen LogP contribution in [0.1, 0.15) is 17.3 Å². The fraction of sp³-hybridized carbons (Fsp3) is 0.273. The highest BCUT2D eigenvalue weighted by Crippen LogP contribution is 2.22. The van der Waals surface area contributed by atoms with Crippen molar-refractivity contribution in [3.8, 4) is 0 Å². The van der Waals surface area contributed by atoms with Crippen molar-refractivity contribution in [3.05, 3.63) is 28.8 Å². The third-order valence-electron chi connectivity index (χ3n) is 2.20. The second-order valence-corrected chi connectivity index (χ2v) is 3.83. The molecule has 0 saturated carbocycles. The Hall–Kier alpha value is -1.75. The van der Waals surface area contributed by atoms with E-state index in [0.29, 0.717) is 5.02 Å². The quantitative estimate of drug-likeness (QED) is 0.629. The van der Waals surface area contributed by atoms with Gasteiger partial charge in [-0.25, -0.2) is 4.79 Å². The number of nitrogen functional groups attached to an aromatic ring is 1. The number of nitrogens with one attached hydrogen (secondary N) is 1. The van der Waals surface area contributed by atoms with Gasteiger partial charge in [-0.1, -0.05) is 17.7 Å². The largest absolute Gasteiger partial charge is 0.467 e. The lowest BCUT2D eigenvalue weighted by atomic mass is 10.1. The van der Waals surface area contributed by atoms with Crippen molar-refractivity contribution in [1.82, 2.24) is 5.32 Å². The summed E-state index contributed by atoms with van der Waals surface area (Å²) < 4.78 is 4.49. The number of esters is 1. The molecule has 0 aliphatic heterocycles. The van der Waals surface area contributed by atoms with Crippen molar-refractivity contribution in [2.75, 3.05) is 12.8 Å². The first kappa shape index (κ1) is 13.3. The molecule has 0 saturated heterocycles. The molecule has 1 aromatic carbocycles. The summed E-state index contributed by atoms with van der Waals surface area (Å²) in [6, 6.07) is 3.97. The molecule has 6 heteroatoms. The van der Waals surface area contributed by atoms with E-state index in [0.717, 1.165) is 0 Å². The Morgan fingerprint density at radius 3 is 2.71 bits per heavy atom. The predicted octanol–water partition coefficient (Wildman–Crippen LogP) is 1.21. The number of amides is 1. The van der Waals surface area contributed by atoms with Gasteiger partial charge in [0.2, 0.25) is 0 Å². The van der Waals surface area contributed by atoms with Gasteiger partial charge < -0.3 is 15.8 Å². The van der Waals surface area contributed by atoms with Crippen LogP contribution < -0.4 is 11.1 Å². The van der Waals surface area contributed by atoms with Gasteiger partial charge in [0.1, 0.15) is 6.04 Å². The summed E-state index contributed by atoms with van der Waals surface area (Å²) in [5.74, 6) is -0.998. The Balaban J connectivity index is 2.84. The van der Waals surface area contributed by atoms with Gasteiger partial charge >= 0.3 is 5.97 Å². The molecule has 0 bridgehead atoms. The Labute approximate surface area is 104 Å². The molecule has 3 N–H and O–H groups in total. The molecule has 0 aliphatic carbocycles. The van der Waals surface area contributed by atoms with Crippen molar-refractivity contribution in [2.45, 2.75) is 13.0 Å². The third kappa shape index (κ3) is 3.10. The maximum Gasteiger partial charge on any atom is 0.328 e. The summed E-state index contributed by atoms with van der Waals surface area (Å²) in [4.78, 5) is 22.9. The zero-order valence-electron chi connectivity index (χ0n) is 9.49. The monoisotopic (exact) mass is 256 g/mol. The lowest BCUT2D eigenvalue weighted by Crippen LogP contribution is -2.39. The van der Waals surface area contributed by atoms with E-state index >= 15 is 0 Å². The summed E-state index contributed by atoms with van der Waals surface area (Å²) in [7, 11) is 1.25. The highest BCUT2D eigenvalue weighted by atomic mass is 35.5. The van der Waals surface area contributed by atoms with E-state index in [-0.39, 0.29) is 11.3 Å². The van der Waals surface area contributed by atoms with Crippen LogP contribution in [0.2, 0.25) is 5.02 Å². The van der Waals surface area contributed by atoms with E-state index < -0.39 is 17.9 Å². The van der Waals surface area contributed by atoms with Crippen LogP contribution in [0, 0.1) is 0 Å². The second kappa shape index (κ2) is 5.54. The van der Waals surface area contributed by atoms with Crippen LogP contribution in [-0.2, 0) is 9.53 Å². The summed E-state index contributed by atoms with van der Waals surface area (Å²) in [5.41, 5.74) is 6.07. The highest BCUT2D eigenvalue weighted by molar-refractivity contribution is 6.33. The number of benzene rings is 1. The molecule has 0 spiro atoms. The first-order valence-corrected chi connectivity index (χ1v) is 5.27. The number of hydrogen-bond acceptors (Lipinski definition) is 4. The molecule has 1 amide bonds. The van der Waals surface area contributed by atoms with Crippen molar-refractivity contribution in [2.24, 2.45) is 0 Å². The summed E-state index contributed by atoms with van der Waals surface area (Å²) >= 11 is 5.79. The maximum atomic E-state index is 11.8. The number of anilines is 1. The van der Waals surface area contributed by atoms with Gasteiger partial charge in [0, 0.05) is 0 Å². The second-order valence-electron chi connectivity index (χ2n) is 3.42. The average Bonchev–Trinajstić information content (AvgIpc) is 2.31. The van der Waals surface area contributed by atoms with Crippen LogP contribution in [0.4, 0.5) is 5.69 Å². The minimum absolute atomic E-state index is 0.184. The first-order chi connectivity index (χ1) is 7.97. The first-order valence-electron chi connectivity index (χ1n) is 4.90. The minimum atomic E-state index is -0.745. The number of halogens is 1. The van der Waals surface area contributed by atoms with Crippen molar-refractivity contribution in [3.63, 3.8) is 0 Å². The summed E-state index contributed by atoms with van der Waals surface area (Å²) in [6.07, 6.45) is 0. The Morgan fingerprint density at radius 1 is 1.47 bits per heavy atom. The predicted molar refractivity (Wildman–Crippen MR) is 64.8 cm³/mol. The van der Waals surface area contributed by atoms with Crippen molar-refractivity contribution < 1.29 is 14.3 Å². The molecule has 0 heterocycles. The maximum absolute atomic E-state index is 11.8. The SMILES string of the molecule is COC(=O)C(C)NC(=O)c1cccc(Cl)c1N. The molecule has 17 heavy (non-hydrogen) atoms. The van der Waals surface area contributed by atoms with E-state index in [1.807, 2.05) is 0 Å². The highest BCUT2D eigenvalue weighted by Gasteiger charge is 2.18. The van der Waals surface area contributed by atoms with E-state index in [1.165, 1.54) is 20.1 Å². The van der Waals surface area contributed by atoms with E-state index in [1.54, 1.807) is 12.1 Å². The molecule has 5 nitrogen and oxygen atoms in total. The van der Waals surface area contributed by atoms with E-state index in [9.17, 15) is 9.59 Å². The summed E-state index contributed by atoms with van der Waals surface area (Å²) in [5, 5.41) is 2.76. The smallest absolute Gasteiger partial charge is 0.328 e. The molecule has 0 fully saturated rings. The van der Waals surface area contributed by atoms with Crippen LogP contribution >= 0.6 is 11.6 Å².